The largest absolute Gasteiger partial charge is 0.481 e. The van der Waals surface area contributed by atoms with Crippen molar-refractivity contribution in [3.05, 3.63) is 0 Å². The van der Waals surface area contributed by atoms with E-state index in [4.69, 9.17) is 5.11 Å². The van der Waals surface area contributed by atoms with Gasteiger partial charge in [-0.3, -0.25) is 4.79 Å². The van der Waals surface area contributed by atoms with Gasteiger partial charge in [-0.25, -0.2) is 12.7 Å². The molecule has 1 rings (SSSR count). The number of halogens is 3. The summed E-state index contributed by atoms with van der Waals surface area (Å²) in [5.41, 5.74) is -1.31. The average Bonchev–Trinajstić information content (AvgIpc) is 2.45. The molecule has 0 saturated carbocycles. The van der Waals surface area contributed by atoms with Crippen LogP contribution in [0.5, 0.6) is 0 Å². The lowest BCUT2D eigenvalue weighted by atomic mass is 9.90. The molecule has 1 aliphatic rings. The summed E-state index contributed by atoms with van der Waals surface area (Å²) in [6.07, 6.45) is -4.81. The molecule has 9 heteroatoms. The highest BCUT2D eigenvalue weighted by Gasteiger charge is 2.47. The van der Waals surface area contributed by atoms with Crippen LogP contribution in [0.25, 0.3) is 0 Å². The zero-order chi connectivity index (χ0) is 13.5. The number of sulfonamides is 1. The molecule has 17 heavy (non-hydrogen) atoms. The van der Waals surface area contributed by atoms with Crippen LogP contribution < -0.4 is 0 Å². The van der Waals surface area contributed by atoms with Crippen LogP contribution in [0.3, 0.4) is 0 Å². The molecule has 0 bridgehead atoms. The molecule has 1 aliphatic heterocycles. The van der Waals surface area contributed by atoms with E-state index in [-0.39, 0.29) is 13.0 Å². The summed E-state index contributed by atoms with van der Waals surface area (Å²) in [5.74, 6) is -3.15. The van der Waals surface area contributed by atoms with Gasteiger partial charge in [0.2, 0.25) is 10.0 Å². The Morgan fingerprint density at radius 2 is 2.00 bits per heavy atom. The van der Waals surface area contributed by atoms with E-state index in [1.165, 1.54) is 6.92 Å². The van der Waals surface area contributed by atoms with E-state index in [2.05, 4.69) is 0 Å². The van der Waals surface area contributed by atoms with Gasteiger partial charge in [0, 0.05) is 13.1 Å². The Bertz CT molecular complexity index is 419. The van der Waals surface area contributed by atoms with Gasteiger partial charge in [0.05, 0.1) is 5.41 Å². The van der Waals surface area contributed by atoms with E-state index < -0.39 is 39.9 Å². The fraction of sp³-hybridized carbons (Fsp3) is 0.875. The zero-order valence-corrected chi connectivity index (χ0v) is 9.81. The van der Waals surface area contributed by atoms with E-state index in [0.717, 1.165) is 0 Å². The van der Waals surface area contributed by atoms with Crippen LogP contribution in [-0.2, 0) is 14.8 Å². The van der Waals surface area contributed by atoms with Crippen LogP contribution >= 0.6 is 0 Å². The molecule has 0 radical (unpaired) electrons. The first-order valence-electron chi connectivity index (χ1n) is 4.74. The van der Waals surface area contributed by atoms with Crippen LogP contribution in [-0.4, -0.2) is 48.8 Å². The minimum atomic E-state index is -4.82. The molecule has 1 unspecified atom stereocenters. The number of hydrogen-bond acceptors (Lipinski definition) is 3. The first-order chi connectivity index (χ1) is 7.46. The van der Waals surface area contributed by atoms with Crippen LogP contribution in [0.1, 0.15) is 13.3 Å². The molecule has 0 aromatic heterocycles. The van der Waals surface area contributed by atoms with Crippen molar-refractivity contribution in [1.29, 1.82) is 0 Å². The molecule has 1 N–H and O–H groups in total. The number of alkyl halides is 3. The second-order valence-corrected chi connectivity index (χ2v) is 6.29. The predicted octanol–water partition coefficient (Wildman–Crippen LogP) is 0.675. The van der Waals surface area contributed by atoms with Crippen LogP contribution in [0.4, 0.5) is 13.2 Å². The quantitative estimate of drug-likeness (QED) is 0.821. The summed E-state index contributed by atoms with van der Waals surface area (Å²) in [4.78, 5) is 10.8. The van der Waals surface area contributed by atoms with Crippen molar-refractivity contribution < 1.29 is 31.5 Å². The van der Waals surface area contributed by atoms with Gasteiger partial charge in [-0.15, -0.1) is 0 Å². The Kier molecular flexibility index (Phi) is 3.45. The van der Waals surface area contributed by atoms with Crippen molar-refractivity contribution in [3.63, 3.8) is 0 Å². The molecule has 5 nitrogen and oxygen atoms in total. The van der Waals surface area contributed by atoms with Gasteiger partial charge >= 0.3 is 12.1 Å². The molecule has 0 spiro atoms. The van der Waals surface area contributed by atoms with Crippen molar-refractivity contribution in [2.24, 2.45) is 5.41 Å². The molecule has 1 heterocycles. The van der Waals surface area contributed by atoms with Gasteiger partial charge in [0.25, 0.3) is 0 Å². The molecule has 100 valence electrons. The van der Waals surface area contributed by atoms with Gasteiger partial charge in [-0.2, -0.15) is 13.2 Å². The Morgan fingerprint density at radius 1 is 1.47 bits per heavy atom. The number of carbonyl (C=O) groups is 1. The van der Waals surface area contributed by atoms with Gasteiger partial charge < -0.3 is 5.11 Å². The smallest absolute Gasteiger partial charge is 0.404 e. The highest BCUT2D eigenvalue weighted by molar-refractivity contribution is 7.89. The molecular formula is C8H12F3NO4S. The van der Waals surface area contributed by atoms with Crippen molar-refractivity contribution in [2.45, 2.75) is 19.5 Å². The zero-order valence-electron chi connectivity index (χ0n) is 8.99. The Morgan fingerprint density at radius 3 is 2.35 bits per heavy atom. The predicted molar refractivity (Wildman–Crippen MR) is 51.8 cm³/mol. The maximum atomic E-state index is 12.0. The topological polar surface area (TPSA) is 74.7 Å². The SMILES string of the molecule is CC1(C(=O)O)CCN(S(=O)(=O)CC(F)(F)F)C1. The average molecular weight is 275 g/mol. The van der Waals surface area contributed by atoms with Crippen LogP contribution in [0.2, 0.25) is 0 Å². The van der Waals surface area contributed by atoms with Crippen molar-refractivity contribution in [1.82, 2.24) is 4.31 Å². The van der Waals surface area contributed by atoms with E-state index >= 15 is 0 Å². The Balaban J connectivity index is 2.82. The maximum Gasteiger partial charge on any atom is 0.404 e. The van der Waals surface area contributed by atoms with Gasteiger partial charge in [0.1, 0.15) is 0 Å². The first kappa shape index (κ1) is 14.2. The lowest BCUT2D eigenvalue weighted by Crippen LogP contribution is -2.39. The van der Waals surface area contributed by atoms with Crippen molar-refractivity contribution in [3.8, 4) is 0 Å². The minimum Gasteiger partial charge on any atom is -0.481 e. The number of aliphatic carboxylic acids is 1. The number of nitrogens with zero attached hydrogens (tertiary/aromatic N) is 1. The standard InChI is InChI=1S/C8H12F3NO4S/c1-7(6(13)14)2-3-12(4-7)17(15,16)5-8(9,10)11/h2-5H2,1H3,(H,13,14). The number of carboxylic acids is 1. The highest BCUT2D eigenvalue weighted by atomic mass is 32.2. The fourth-order valence-corrected chi connectivity index (χ4v) is 3.08. The summed E-state index contributed by atoms with van der Waals surface area (Å²) < 4.78 is 59.4. The normalized spacial score (nSPS) is 27.3. The minimum absolute atomic E-state index is 0.0133. The molecule has 0 aromatic rings. The summed E-state index contributed by atoms with van der Waals surface area (Å²) in [7, 11) is -4.48. The number of rotatable bonds is 3. The monoisotopic (exact) mass is 275 g/mol. The maximum absolute atomic E-state index is 12.0. The molecule has 0 amide bonds. The molecule has 1 saturated heterocycles. The third-order valence-electron chi connectivity index (χ3n) is 2.69. The highest BCUT2D eigenvalue weighted by Crippen LogP contribution is 2.33. The van der Waals surface area contributed by atoms with Crippen molar-refractivity contribution >= 4 is 16.0 Å². The third-order valence-corrected chi connectivity index (χ3v) is 4.48. The first-order valence-corrected chi connectivity index (χ1v) is 6.35. The molecular weight excluding hydrogens is 263 g/mol. The lowest BCUT2D eigenvalue weighted by molar-refractivity contribution is -0.146. The van der Waals surface area contributed by atoms with Gasteiger partial charge in [-0.05, 0) is 13.3 Å². The Hall–Kier alpha value is -0.830. The summed E-state index contributed by atoms with van der Waals surface area (Å²) in [6.45, 7) is 0.709. The third kappa shape index (κ3) is 3.32. The van der Waals surface area contributed by atoms with Gasteiger partial charge in [0.15, 0.2) is 5.75 Å². The summed E-state index contributed by atoms with van der Waals surface area (Å²) >= 11 is 0. The van der Waals surface area contributed by atoms with E-state index in [1.54, 1.807) is 0 Å². The summed E-state index contributed by atoms with van der Waals surface area (Å²) in [6, 6.07) is 0. The molecule has 1 atom stereocenters. The summed E-state index contributed by atoms with van der Waals surface area (Å²) in [5, 5.41) is 8.84. The second kappa shape index (κ2) is 4.13. The Labute approximate surface area is 96.3 Å². The van der Waals surface area contributed by atoms with Crippen LogP contribution in [0, 0.1) is 5.41 Å². The molecule has 1 fully saturated rings. The number of hydrogen-bond donors (Lipinski definition) is 1. The molecule has 0 aliphatic carbocycles. The number of carboxylic acid groups (broad SMARTS) is 1. The van der Waals surface area contributed by atoms with E-state index in [1.807, 2.05) is 0 Å². The second-order valence-electron chi connectivity index (χ2n) is 4.32. The molecule has 0 aromatic carbocycles. The van der Waals surface area contributed by atoms with Crippen molar-refractivity contribution in [2.75, 3.05) is 18.8 Å². The van der Waals surface area contributed by atoms with Crippen LogP contribution in [0.15, 0.2) is 0 Å². The van der Waals surface area contributed by atoms with E-state index in [0.29, 0.717) is 4.31 Å². The van der Waals surface area contributed by atoms with E-state index in [9.17, 15) is 26.4 Å². The fourth-order valence-electron chi connectivity index (χ4n) is 1.63. The lowest BCUT2D eigenvalue weighted by Gasteiger charge is -2.20. The van der Waals surface area contributed by atoms with Gasteiger partial charge in [-0.1, -0.05) is 0 Å².